The van der Waals surface area contributed by atoms with Crippen molar-refractivity contribution >= 4 is 37.3 Å². The molecule has 17 heavy (non-hydrogen) atoms. The zero-order valence-corrected chi connectivity index (χ0v) is 12.4. The van der Waals surface area contributed by atoms with E-state index in [2.05, 4.69) is 20.7 Å². The molecule has 0 fully saturated rings. The number of sulfonamides is 1. The molecule has 1 aromatic rings. The van der Waals surface area contributed by atoms with Crippen molar-refractivity contribution in [2.24, 2.45) is 0 Å². The van der Waals surface area contributed by atoms with Crippen LogP contribution in [0.1, 0.15) is 6.42 Å². The molecule has 1 aromatic heterocycles. The fraction of sp³-hybridized carbons (Fsp3) is 0.556. The third-order valence-corrected chi connectivity index (χ3v) is 6.23. The van der Waals surface area contributed by atoms with E-state index in [-0.39, 0.29) is 10.8 Å². The minimum absolute atomic E-state index is 0.216. The molecule has 0 aromatic carbocycles. The Labute approximate surface area is 113 Å². The lowest BCUT2D eigenvalue weighted by Gasteiger charge is -2.15. The lowest BCUT2D eigenvalue weighted by Crippen LogP contribution is -2.38. The van der Waals surface area contributed by atoms with E-state index in [0.717, 1.165) is 11.3 Å². The second kappa shape index (κ2) is 6.81. The summed E-state index contributed by atoms with van der Waals surface area (Å²) in [5.74, 6) is 0. The van der Waals surface area contributed by atoms with Gasteiger partial charge in [0.05, 0.1) is 6.61 Å². The van der Waals surface area contributed by atoms with Gasteiger partial charge in [0.1, 0.15) is 4.21 Å². The summed E-state index contributed by atoms with van der Waals surface area (Å²) in [5, 5.41) is 10.8. The van der Waals surface area contributed by atoms with Crippen molar-refractivity contribution in [1.29, 1.82) is 0 Å². The molecule has 0 aliphatic rings. The second-order valence-electron chi connectivity index (χ2n) is 3.34. The number of ether oxygens (including phenoxy) is 1. The van der Waals surface area contributed by atoms with Crippen molar-refractivity contribution in [2.45, 2.75) is 16.7 Å². The topological polar surface area (TPSA) is 75.6 Å². The summed E-state index contributed by atoms with van der Waals surface area (Å²) in [6.07, 6.45) is 0.426. The summed E-state index contributed by atoms with van der Waals surface area (Å²) in [7, 11) is -2.06. The van der Waals surface area contributed by atoms with Gasteiger partial charge in [-0.1, -0.05) is 0 Å². The molecule has 0 amide bonds. The fourth-order valence-corrected chi connectivity index (χ4v) is 4.81. The number of rotatable bonds is 7. The minimum atomic E-state index is -3.58. The molecule has 0 radical (unpaired) electrons. The largest absolute Gasteiger partial charge is 0.395 e. The average Bonchev–Trinajstić information content (AvgIpc) is 2.71. The number of nitrogens with one attached hydrogen (secondary N) is 1. The third kappa shape index (κ3) is 4.31. The lowest BCUT2D eigenvalue weighted by molar-refractivity contribution is 0.166. The van der Waals surface area contributed by atoms with Crippen molar-refractivity contribution in [1.82, 2.24) is 4.72 Å². The summed E-state index contributed by atoms with van der Waals surface area (Å²) in [6.45, 7) is 0.130. The van der Waals surface area contributed by atoms with Crippen LogP contribution in [0.4, 0.5) is 0 Å². The number of aliphatic hydroxyl groups excluding tert-OH is 1. The third-order valence-electron chi connectivity index (χ3n) is 2.04. The molecule has 0 aliphatic heterocycles. The molecular formula is C9H14BrNO4S2. The molecule has 0 bridgehead atoms. The van der Waals surface area contributed by atoms with Crippen LogP contribution in [0.5, 0.6) is 0 Å². The van der Waals surface area contributed by atoms with Gasteiger partial charge in [-0.2, -0.15) is 0 Å². The van der Waals surface area contributed by atoms with Gasteiger partial charge in [-0.25, -0.2) is 13.1 Å². The van der Waals surface area contributed by atoms with Crippen LogP contribution in [0.25, 0.3) is 0 Å². The molecule has 1 unspecified atom stereocenters. The van der Waals surface area contributed by atoms with Crippen molar-refractivity contribution in [3.63, 3.8) is 0 Å². The monoisotopic (exact) mass is 343 g/mol. The highest BCUT2D eigenvalue weighted by Crippen LogP contribution is 2.27. The van der Waals surface area contributed by atoms with E-state index in [0.29, 0.717) is 17.5 Å². The Hall–Kier alpha value is 0.01000. The van der Waals surface area contributed by atoms with E-state index in [4.69, 9.17) is 9.84 Å². The van der Waals surface area contributed by atoms with Crippen molar-refractivity contribution in [2.75, 3.05) is 20.3 Å². The van der Waals surface area contributed by atoms with Gasteiger partial charge in [0.15, 0.2) is 0 Å². The van der Waals surface area contributed by atoms with Crippen LogP contribution < -0.4 is 4.72 Å². The molecule has 1 heterocycles. The number of thiophene rings is 1. The minimum Gasteiger partial charge on any atom is -0.395 e. The Kier molecular flexibility index (Phi) is 6.04. The summed E-state index contributed by atoms with van der Waals surface area (Å²) in [6, 6.07) is 1.14. The maximum atomic E-state index is 12.0. The van der Waals surface area contributed by atoms with E-state index in [1.54, 1.807) is 11.4 Å². The standard InChI is InChI=1S/C9H14BrNO4S2/c1-15-4-2-7(6-12)11-17(13,14)9-8(10)3-5-16-9/h3,5,7,11-12H,2,4,6H2,1H3. The highest BCUT2D eigenvalue weighted by atomic mass is 79.9. The number of aliphatic hydroxyl groups is 1. The van der Waals surface area contributed by atoms with Gasteiger partial charge in [0, 0.05) is 24.2 Å². The first-order valence-corrected chi connectivity index (χ1v) is 8.02. The number of halogens is 1. The van der Waals surface area contributed by atoms with Gasteiger partial charge in [0.25, 0.3) is 10.0 Å². The van der Waals surface area contributed by atoms with Gasteiger partial charge in [-0.05, 0) is 33.8 Å². The first kappa shape index (κ1) is 15.1. The Morgan fingerprint density at radius 1 is 1.65 bits per heavy atom. The Bertz CT molecular complexity index is 446. The molecule has 2 N–H and O–H groups in total. The maximum Gasteiger partial charge on any atom is 0.251 e. The van der Waals surface area contributed by atoms with Gasteiger partial charge in [-0.15, -0.1) is 11.3 Å². The van der Waals surface area contributed by atoms with Crippen LogP contribution in [-0.2, 0) is 14.8 Å². The molecule has 0 saturated carbocycles. The summed E-state index contributed by atoms with van der Waals surface area (Å²) in [4.78, 5) is 0. The molecule has 5 nitrogen and oxygen atoms in total. The lowest BCUT2D eigenvalue weighted by atomic mass is 10.2. The van der Waals surface area contributed by atoms with Gasteiger partial charge in [-0.3, -0.25) is 0 Å². The van der Waals surface area contributed by atoms with Crippen LogP contribution in [0.3, 0.4) is 0 Å². The van der Waals surface area contributed by atoms with Crippen LogP contribution >= 0.6 is 27.3 Å². The second-order valence-corrected chi connectivity index (χ2v) is 7.02. The van der Waals surface area contributed by atoms with Crippen LogP contribution in [-0.4, -0.2) is 39.9 Å². The van der Waals surface area contributed by atoms with E-state index in [1.165, 1.54) is 7.11 Å². The molecule has 1 rings (SSSR count). The smallest absolute Gasteiger partial charge is 0.251 e. The van der Waals surface area contributed by atoms with E-state index in [1.807, 2.05) is 0 Å². The maximum absolute atomic E-state index is 12.0. The number of hydrogen-bond donors (Lipinski definition) is 2. The van der Waals surface area contributed by atoms with E-state index >= 15 is 0 Å². The zero-order valence-electron chi connectivity index (χ0n) is 9.22. The van der Waals surface area contributed by atoms with Gasteiger partial charge >= 0.3 is 0 Å². The molecule has 0 aliphatic carbocycles. The Morgan fingerprint density at radius 2 is 2.35 bits per heavy atom. The predicted molar refractivity (Wildman–Crippen MR) is 69.7 cm³/mol. The molecule has 1 atom stereocenters. The quantitative estimate of drug-likeness (QED) is 0.779. The zero-order chi connectivity index (χ0) is 12.9. The normalized spacial score (nSPS) is 13.8. The average molecular weight is 344 g/mol. The highest BCUT2D eigenvalue weighted by Gasteiger charge is 2.22. The van der Waals surface area contributed by atoms with Crippen molar-refractivity contribution < 1.29 is 18.3 Å². The highest BCUT2D eigenvalue weighted by molar-refractivity contribution is 9.10. The molecule has 8 heteroatoms. The summed E-state index contributed by atoms with van der Waals surface area (Å²) >= 11 is 4.29. The van der Waals surface area contributed by atoms with Crippen LogP contribution in [0.2, 0.25) is 0 Å². The SMILES string of the molecule is COCCC(CO)NS(=O)(=O)c1sccc1Br. The van der Waals surface area contributed by atoms with Gasteiger partial charge < -0.3 is 9.84 Å². The predicted octanol–water partition coefficient (Wildman–Crippen LogP) is 1.19. The molecule has 0 spiro atoms. The van der Waals surface area contributed by atoms with E-state index in [9.17, 15) is 8.42 Å². The van der Waals surface area contributed by atoms with Crippen molar-refractivity contribution in [3.8, 4) is 0 Å². The summed E-state index contributed by atoms with van der Waals surface area (Å²) in [5.41, 5.74) is 0. The molecular weight excluding hydrogens is 330 g/mol. The molecule has 0 saturated heterocycles. The molecule has 98 valence electrons. The first-order valence-electron chi connectivity index (χ1n) is 4.86. The van der Waals surface area contributed by atoms with Crippen molar-refractivity contribution in [3.05, 3.63) is 15.9 Å². The summed E-state index contributed by atoms with van der Waals surface area (Å²) < 4.78 is 32.0. The van der Waals surface area contributed by atoms with Crippen LogP contribution in [0.15, 0.2) is 20.1 Å². The van der Waals surface area contributed by atoms with E-state index < -0.39 is 16.1 Å². The number of methoxy groups -OCH3 is 1. The first-order chi connectivity index (χ1) is 8.01. The Morgan fingerprint density at radius 3 is 2.82 bits per heavy atom. The fourth-order valence-electron chi connectivity index (χ4n) is 1.19. The van der Waals surface area contributed by atoms with Gasteiger partial charge in [0.2, 0.25) is 0 Å². The number of hydrogen-bond acceptors (Lipinski definition) is 5. The Balaban J connectivity index is 2.75. The van der Waals surface area contributed by atoms with Crippen LogP contribution in [0, 0.1) is 0 Å².